The Morgan fingerprint density at radius 1 is 1.43 bits per heavy atom. The number of aromatic nitrogens is 1. The summed E-state index contributed by atoms with van der Waals surface area (Å²) >= 11 is 0. The SMILES string of the molecule is CCOc1ncccc1CNC(=NC)NC1CC=CC1.I. The van der Waals surface area contributed by atoms with Crippen molar-refractivity contribution in [1.82, 2.24) is 15.6 Å². The predicted molar refractivity (Wildman–Crippen MR) is 96.3 cm³/mol. The number of nitrogens with one attached hydrogen (secondary N) is 2. The second-order valence-corrected chi connectivity index (χ2v) is 4.61. The molecule has 0 atom stereocenters. The van der Waals surface area contributed by atoms with E-state index in [0.717, 1.165) is 24.4 Å². The normalized spacial score (nSPS) is 14.7. The molecular weight excluding hydrogens is 379 g/mol. The molecule has 116 valence electrons. The molecule has 0 unspecified atom stereocenters. The van der Waals surface area contributed by atoms with Crippen LogP contribution < -0.4 is 15.4 Å². The third-order valence-electron chi connectivity index (χ3n) is 3.15. The monoisotopic (exact) mass is 402 g/mol. The van der Waals surface area contributed by atoms with Crippen molar-refractivity contribution in [2.75, 3.05) is 13.7 Å². The lowest BCUT2D eigenvalue weighted by Crippen LogP contribution is -2.42. The molecule has 0 bridgehead atoms. The minimum Gasteiger partial charge on any atom is -0.478 e. The molecule has 2 rings (SSSR count). The quantitative estimate of drug-likeness (QED) is 0.344. The highest BCUT2D eigenvalue weighted by Crippen LogP contribution is 2.14. The summed E-state index contributed by atoms with van der Waals surface area (Å²) in [6.45, 7) is 3.22. The van der Waals surface area contributed by atoms with E-state index < -0.39 is 0 Å². The van der Waals surface area contributed by atoms with E-state index in [4.69, 9.17) is 4.74 Å². The van der Waals surface area contributed by atoms with E-state index in [-0.39, 0.29) is 24.0 Å². The molecular formula is C15H23IN4O. The number of halogens is 1. The maximum atomic E-state index is 5.51. The second kappa shape index (κ2) is 9.59. The van der Waals surface area contributed by atoms with Gasteiger partial charge in [0.1, 0.15) is 0 Å². The number of ether oxygens (including phenoxy) is 1. The van der Waals surface area contributed by atoms with Crippen molar-refractivity contribution in [3.05, 3.63) is 36.0 Å². The van der Waals surface area contributed by atoms with Gasteiger partial charge in [-0.05, 0) is 25.8 Å². The van der Waals surface area contributed by atoms with Crippen molar-refractivity contribution in [1.29, 1.82) is 0 Å². The molecule has 1 heterocycles. The molecule has 21 heavy (non-hydrogen) atoms. The smallest absolute Gasteiger partial charge is 0.218 e. The Morgan fingerprint density at radius 3 is 2.86 bits per heavy atom. The van der Waals surface area contributed by atoms with Crippen LogP contribution in [0.25, 0.3) is 0 Å². The van der Waals surface area contributed by atoms with Gasteiger partial charge >= 0.3 is 0 Å². The molecule has 1 aliphatic rings. The van der Waals surface area contributed by atoms with E-state index in [9.17, 15) is 0 Å². The van der Waals surface area contributed by atoms with Crippen LogP contribution in [0.3, 0.4) is 0 Å². The highest BCUT2D eigenvalue weighted by Gasteiger charge is 2.12. The molecule has 0 fully saturated rings. The van der Waals surface area contributed by atoms with E-state index in [2.05, 4.69) is 32.8 Å². The van der Waals surface area contributed by atoms with Gasteiger partial charge in [-0.3, -0.25) is 4.99 Å². The zero-order chi connectivity index (χ0) is 14.2. The largest absolute Gasteiger partial charge is 0.478 e. The third-order valence-corrected chi connectivity index (χ3v) is 3.15. The summed E-state index contributed by atoms with van der Waals surface area (Å²) in [5.74, 6) is 1.49. The van der Waals surface area contributed by atoms with Crippen molar-refractivity contribution in [3.8, 4) is 5.88 Å². The number of hydrogen-bond acceptors (Lipinski definition) is 3. The average molecular weight is 402 g/mol. The Balaban J connectivity index is 0.00000220. The number of hydrogen-bond donors (Lipinski definition) is 2. The lowest BCUT2D eigenvalue weighted by Gasteiger charge is -2.17. The Kier molecular flexibility index (Phi) is 8.11. The first-order valence-corrected chi connectivity index (χ1v) is 7.02. The Labute approximate surface area is 143 Å². The second-order valence-electron chi connectivity index (χ2n) is 4.61. The van der Waals surface area contributed by atoms with Gasteiger partial charge in [0, 0.05) is 31.4 Å². The lowest BCUT2D eigenvalue weighted by atomic mass is 10.2. The molecule has 0 saturated carbocycles. The van der Waals surface area contributed by atoms with E-state index in [1.807, 2.05) is 19.1 Å². The van der Waals surface area contributed by atoms with Crippen molar-refractivity contribution in [3.63, 3.8) is 0 Å². The molecule has 6 heteroatoms. The molecule has 1 aliphatic carbocycles. The van der Waals surface area contributed by atoms with Gasteiger partial charge in [-0.15, -0.1) is 24.0 Å². The summed E-state index contributed by atoms with van der Waals surface area (Å²) in [6, 6.07) is 4.37. The first-order valence-electron chi connectivity index (χ1n) is 7.02. The van der Waals surface area contributed by atoms with Crippen LogP contribution in [-0.4, -0.2) is 30.6 Å². The minimum atomic E-state index is 0. The summed E-state index contributed by atoms with van der Waals surface area (Å²) in [4.78, 5) is 8.49. The first-order chi connectivity index (χ1) is 9.83. The van der Waals surface area contributed by atoms with E-state index in [1.165, 1.54) is 0 Å². The molecule has 0 spiro atoms. The van der Waals surface area contributed by atoms with Gasteiger partial charge in [-0.1, -0.05) is 18.2 Å². The summed E-state index contributed by atoms with van der Waals surface area (Å²) in [5.41, 5.74) is 1.03. The Morgan fingerprint density at radius 2 is 2.19 bits per heavy atom. The van der Waals surface area contributed by atoms with Crippen LogP contribution in [-0.2, 0) is 6.54 Å². The predicted octanol–water partition coefficient (Wildman–Crippen LogP) is 2.48. The van der Waals surface area contributed by atoms with Crippen LogP contribution in [0.1, 0.15) is 25.3 Å². The molecule has 1 aromatic rings. The standard InChI is InChI=1S/C15H22N4O.HI/c1-3-20-14-12(7-6-10-17-14)11-18-15(16-2)19-13-8-4-5-9-13;/h4-7,10,13H,3,8-9,11H2,1-2H3,(H2,16,18,19);1H. The number of rotatable bonds is 5. The summed E-state index contributed by atoms with van der Waals surface area (Å²) in [5, 5.41) is 6.71. The molecule has 0 saturated heterocycles. The number of nitrogens with zero attached hydrogens (tertiary/aromatic N) is 2. The van der Waals surface area contributed by atoms with Crippen LogP contribution in [0.5, 0.6) is 5.88 Å². The fourth-order valence-corrected chi connectivity index (χ4v) is 2.13. The van der Waals surface area contributed by atoms with Crippen LogP contribution in [0.2, 0.25) is 0 Å². The molecule has 0 aliphatic heterocycles. The minimum absolute atomic E-state index is 0. The molecule has 1 aromatic heterocycles. The van der Waals surface area contributed by atoms with Gasteiger partial charge in [0.25, 0.3) is 0 Å². The summed E-state index contributed by atoms with van der Waals surface area (Å²) in [7, 11) is 1.78. The van der Waals surface area contributed by atoms with Gasteiger partial charge in [-0.25, -0.2) is 4.98 Å². The van der Waals surface area contributed by atoms with Crippen molar-refractivity contribution < 1.29 is 4.74 Å². The van der Waals surface area contributed by atoms with Crippen LogP contribution in [0.4, 0.5) is 0 Å². The van der Waals surface area contributed by atoms with Crippen LogP contribution in [0.15, 0.2) is 35.5 Å². The van der Waals surface area contributed by atoms with E-state index in [1.54, 1.807) is 13.2 Å². The van der Waals surface area contributed by atoms with Crippen molar-refractivity contribution >= 4 is 29.9 Å². The zero-order valence-corrected chi connectivity index (χ0v) is 14.8. The molecule has 5 nitrogen and oxygen atoms in total. The van der Waals surface area contributed by atoms with Gasteiger partial charge in [0.05, 0.1) is 6.61 Å². The molecule has 0 aromatic carbocycles. The fourth-order valence-electron chi connectivity index (χ4n) is 2.13. The van der Waals surface area contributed by atoms with Gasteiger partial charge in [0.15, 0.2) is 5.96 Å². The fraction of sp³-hybridized carbons (Fsp3) is 0.467. The maximum absolute atomic E-state index is 5.51. The highest BCUT2D eigenvalue weighted by molar-refractivity contribution is 14.0. The molecule has 0 radical (unpaired) electrons. The van der Waals surface area contributed by atoms with E-state index >= 15 is 0 Å². The van der Waals surface area contributed by atoms with Crippen molar-refractivity contribution in [2.45, 2.75) is 32.4 Å². The van der Waals surface area contributed by atoms with Gasteiger partial charge in [-0.2, -0.15) is 0 Å². The maximum Gasteiger partial charge on any atom is 0.218 e. The van der Waals surface area contributed by atoms with Gasteiger partial charge in [0.2, 0.25) is 5.88 Å². The summed E-state index contributed by atoms with van der Waals surface area (Å²) < 4.78 is 5.51. The highest BCUT2D eigenvalue weighted by atomic mass is 127. The first kappa shape index (κ1) is 17.7. The number of pyridine rings is 1. The van der Waals surface area contributed by atoms with E-state index in [0.29, 0.717) is 25.1 Å². The summed E-state index contributed by atoms with van der Waals surface area (Å²) in [6.07, 6.45) is 8.24. The average Bonchev–Trinajstić information content (AvgIpc) is 2.98. The zero-order valence-electron chi connectivity index (χ0n) is 12.5. The molecule has 2 N–H and O–H groups in total. The van der Waals surface area contributed by atoms with Crippen LogP contribution in [0, 0.1) is 0 Å². The Bertz CT molecular complexity index is 482. The topological polar surface area (TPSA) is 58.5 Å². The number of guanidine groups is 1. The van der Waals surface area contributed by atoms with Gasteiger partial charge < -0.3 is 15.4 Å². The molecule has 0 amide bonds. The number of aliphatic imine (C=N–C) groups is 1. The van der Waals surface area contributed by atoms with Crippen molar-refractivity contribution in [2.24, 2.45) is 4.99 Å². The van der Waals surface area contributed by atoms with Crippen LogP contribution >= 0.6 is 24.0 Å². The third kappa shape index (κ3) is 5.53. The lowest BCUT2D eigenvalue weighted by molar-refractivity contribution is 0.322. The Hall–Kier alpha value is -1.31.